The number of rotatable bonds is 1. The van der Waals surface area contributed by atoms with Crippen LogP contribution >= 0.6 is 0 Å². The van der Waals surface area contributed by atoms with Crippen LogP contribution in [0, 0.1) is 12.8 Å². The Bertz CT molecular complexity index is 506. The maximum Gasteiger partial charge on any atom is 0.221 e. The fourth-order valence-corrected chi connectivity index (χ4v) is 4.62. The minimum atomic E-state index is -3.13. The molecule has 0 spiro atoms. The second kappa shape index (κ2) is 2.62. The molecule has 1 N–H and O–H groups in total. The first-order valence-corrected chi connectivity index (χ1v) is 6.61. The van der Waals surface area contributed by atoms with Crippen LogP contribution in [0.1, 0.15) is 17.5 Å². The highest BCUT2D eigenvalue weighted by Crippen LogP contribution is 2.60. The average Bonchev–Trinajstić information content (AvgIpc) is 2.87. The summed E-state index contributed by atoms with van der Waals surface area (Å²) >= 11 is 0. The van der Waals surface area contributed by atoms with Gasteiger partial charge in [0.15, 0.2) is 0 Å². The van der Waals surface area contributed by atoms with Crippen LogP contribution in [0.15, 0.2) is 24.3 Å². The number of sulfonamides is 1. The zero-order valence-corrected chi connectivity index (χ0v) is 9.34. The first-order valence-electron chi connectivity index (χ1n) is 5.13. The lowest BCUT2D eigenvalue weighted by Gasteiger charge is -2.12. The van der Waals surface area contributed by atoms with Crippen LogP contribution < -0.4 is 4.72 Å². The molecular weight excluding hydrogens is 210 g/mol. The van der Waals surface area contributed by atoms with E-state index in [0.717, 1.165) is 17.5 Å². The van der Waals surface area contributed by atoms with Crippen molar-refractivity contribution in [2.75, 3.05) is 6.54 Å². The summed E-state index contributed by atoms with van der Waals surface area (Å²) in [4.78, 5) is 0. The standard InChI is InChI=1S/C11H13NO2S/c1-8-2-4-9(5-3-8)11-6-10(11)7-12-15(11,13)14/h2-5,10,12H,6-7H2,1H3. The minimum Gasteiger partial charge on any atom is -0.214 e. The second-order valence-electron chi connectivity index (χ2n) is 4.51. The molecular formula is C11H13NO2S. The first kappa shape index (κ1) is 9.36. The predicted molar refractivity (Wildman–Crippen MR) is 57.9 cm³/mol. The molecule has 15 heavy (non-hydrogen) atoms. The number of hydrogen-bond acceptors (Lipinski definition) is 2. The number of nitrogens with one attached hydrogen (secondary N) is 1. The van der Waals surface area contributed by atoms with E-state index in [2.05, 4.69) is 4.72 Å². The van der Waals surface area contributed by atoms with Crippen molar-refractivity contribution >= 4 is 10.0 Å². The highest BCUT2D eigenvalue weighted by atomic mass is 32.2. The molecule has 1 saturated carbocycles. The van der Waals surface area contributed by atoms with Crippen molar-refractivity contribution in [2.24, 2.45) is 5.92 Å². The second-order valence-corrected chi connectivity index (χ2v) is 6.53. The number of hydrogen-bond donors (Lipinski definition) is 1. The molecule has 0 bridgehead atoms. The number of fused-ring (bicyclic) bond motifs is 1. The Balaban J connectivity index is 2.12. The molecule has 0 radical (unpaired) electrons. The average molecular weight is 223 g/mol. The number of benzene rings is 1. The molecule has 0 aromatic heterocycles. The number of aryl methyl sites for hydroxylation is 1. The molecule has 2 unspecified atom stereocenters. The fourth-order valence-electron chi connectivity index (χ4n) is 2.56. The van der Waals surface area contributed by atoms with Gasteiger partial charge >= 0.3 is 0 Å². The van der Waals surface area contributed by atoms with Crippen molar-refractivity contribution in [3.63, 3.8) is 0 Å². The van der Waals surface area contributed by atoms with Crippen LogP contribution in [0.5, 0.6) is 0 Å². The molecule has 1 aliphatic carbocycles. The van der Waals surface area contributed by atoms with Crippen molar-refractivity contribution in [2.45, 2.75) is 18.1 Å². The SMILES string of the molecule is Cc1ccc(C23CC2CNS3(=O)=O)cc1. The molecule has 3 nitrogen and oxygen atoms in total. The van der Waals surface area contributed by atoms with Gasteiger partial charge in [0.1, 0.15) is 4.75 Å². The summed E-state index contributed by atoms with van der Waals surface area (Å²) in [5.74, 6) is 0.283. The third-order valence-corrected chi connectivity index (χ3v) is 5.83. The summed E-state index contributed by atoms with van der Waals surface area (Å²) < 4.78 is 25.8. The third kappa shape index (κ3) is 1.06. The van der Waals surface area contributed by atoms with Gasteiger partial charge in [-0.15, -0.1) is 0 Å². The van der Waals surface area contributed by atoms with E-state index in [1.54, 1.807) is 0 Å². The van der Waals surface area contributed by atoms with Gasteiger partial charge < -0.3 is 0 Å². The van der Waals surface area contributed by atoms with Gasteiger partial charge in [0.2, 0.25) is 10.0 Å². The Labute approximate surface area is 89.6 Å². The highest BCUT2D eigenvalue weighted by Gasteiger charge is 2.68. The molecule has 1 aliphatic heterocycles. The van der Waals surface area contributed by atoms with Crippen LogP contribution in [0.25, 0.3) is 0 Å². The van der Waals surface area contributed by atoms with Crippen molar-refractivity contribution in [3.8, 4) is 0 Å². The Morgan fingerprint density at radius 3 is 2.47 bits per heavy atom. The quantitative estimate of drug-likeness (QED) is 0.776. The summed E-state index contributed by atoms with van der Waals surface area (Å²) in [6, 6.07) is 7.85. The highest BCUT2D eigenvalue weighted by molar-refractivity contribution is 7.91. The van der Waals surface area contributed by atoms with E-state index in [-0.39, 0.29) is 5.92 Å². The van der Waals surface area contributed by atoms with Gasteiger partial charge in [0, 0.05) is 6.54 Å². The molecule has 1 saturated heterocycles. The summed E-state index contributed by atoms with van der Waals surface area (Å²) in [6.07, 6.45) is 0.783. The van der Waals surface area contributed by atoms with Crippen LogP contribution in [0.4, 0.5) is 0 Å². The molecule has 2 aliphatic rings. The topological polar surface area (TPSA) is 46.2 Å². The lowest BCUT2D eigenvalue weighted by Crippen LogP contribution is -2.27. The Kier molecular flexibility index (Phi) is 1.64. The van der Waals surface area contributed by atoms with Gasteiger partial charge in [0.05, 0.1) is 0 Å². The molecule has 2 atom stereocenters. The summed E-state index contributed by atoms with van der Waals surface area (Å²) in [5, 5.41) is 0. The monoisotopic (exact) mass is 223 g/mol. The van der Waals surface area contributed by atoms with Crippen LogP contribution in [-0.4, -0.2) is 15.0 Å². The molecule has 3 rings (SSSR count). The maximum absolute atomic E-state index is 11.9. The molecule has 0 amide bonds. The molecule has 80 valence electrons. The van der Waals surface area contributed by atoms with Crippen molar-refractivity contribution in [1.29, 1.82) is 0 Å². The first-order chi connectivity index (χ1) is 7.06. The summed E-state index contributed by atoms with van der Waals surface area (Å²) in [5.41, 5.74) is 2.11. The Morgan fingerprint density at radius 1 is 1.33 bits per heavy atom. The summed E-state index contributed by atoms with van der Waals surface area (Å²) in [7, 11) is -3.13. The van der Waals surface area contributed by atoms with Gasteiger partial charge in [-0.3, -0.25) is 0 Å². The molecule has 1 aromatic rings. The van der Waals surface area contributed by atoms with Gasteiger partial charge in [-0.2, -0.15) is 0 Å². The van der Waals surface area contributed by atoms with E-state index in [0.29, 0.717) is 6.54 Å². The zero-order chi connectivity index (χ0) is 10.7. The molecule has 2 fully saturated rings. The van der Waals surface area contributed by atoms with Crippen LogP contribution in [0.3, 0.4) is 0 Å². The zero-order valence-electron chi connectivity index (χ0n) is 8.53. The van der Waals surface area contributed by atoms with E-state index < -0.39 is 14.8 Å². The van der Waals surface area contributed by atoms with Crippen LogP contribution in [0.2, 0.25) is 0 Å². The maximum atomic E-state index is 11.9. The smallest absolute Gasteiger partial charge is 0.214 e. The normalized spacial score (nSPS) is 36.2. The van der Waals surface area contributed by atoms with Gasteiger partial charge in [0.25, 0.3) is 0 Å². The van der Waals surface area contributed by atoms with Crippen LogP contribution in [-0.2, 0) is 14.8 Å². The molecule has 1 aromatic carbocycles. The van der Waals surface area contributed by atoms with E-state index in [1.165, 1.54) is 0 Å². The van der Waals surface area contributed by atoms with E-state index in [4.69, 9.17) is 0 Å². The van der Waals surface area contributed by atoms with Crippen molar-refractivity contribution < 1.29 is 8.42 Å². The lowest BCUT2D eigenvalue weighted by molar-refractivity contribution is 0.577. The van der Waals surface area contributed by atoms with Gasteiger partial charge in [-0.1, -0.05) is 29.8 Å². The van der Waals surface area contributed by atoms with Gasteiger partial charge in [-0.25, -0.2) is 13.1 Å². The van der Waals surface area contributed by atoms with Crippen molar-refractivity contribution in [3.05, 3.63) is 35.4 Å². The molecule has 4 heteroatoms. The third-order valence-electron chi connectivity index (χ3n) is 3.59. The van der Waals surface area contributed by atoms with E-state index in [9.17, 15) is 8.42 Å². The fraction of sp³-hybridized carbons (Fsp3) is 0.455. The van der Waals surface area contributed by atoms with E-state index >= 15 is 0 Å². The predicted octanol–water partition coefficient (Wildman–Crippen LogP) is 1.14. The Hall–Kier alpha value is -0.870. The van der Waals surface area contributed by atoms with Crippen molar-refractivity contribution in [1.82, 2.24) is 4.72 Å². The summed E-state index contributed by atoms with van der Waals surface area (Å²) in [6.45, 7) is 2.61. The lowest BCUT2D eigenvalue weighted by atomic mass is 10.1. The largest absolute Gasteiger partial charge is 0.221 e. The van der Waals surface area contributed by atoms with Gasteiger partial charge in [-0.05, 0) is 24.8 Å². The Morgan fingerprint density at radius 2 is 2.00 bits per heavy atom. The minimum absolute atomic E-state index is 0.283. The molecule has 1 heterocycles. The van der Waals surface area contributed by atoms with E-state index in [1.807, 2.05) is 31.2 Å².